The second-order valence-electron chi connectivity index (χ2n) is 6.21. The highest BCUT2D eigenvalue weighted by Crippen LogP contribution is 2.21. The fourth-order valence-corrected chi connectivity index (χ4v) is 3.04. The molecule has 4 nitrogen and oxygen atoms in total. The lowest BCUT2D eigenvalue weighted by Gasteiger charge is -2.14. The van der Waals surface area contributed by atoms with Crippen LogP contribution in [-0.2, 0) is 17.8 Å². The minimum Gasteiger partial charge on any atom is -0.392 e. The van der Waals surface area contributed by atoms with Gasteiger partial charge in [-0.05, 0) is 34.6 Å². The van der Waals surface area contributed by atoms with E-state index in [4.69, 9.17) is 10.8 Å². The van der Waals surface area contributed by atoms with Gasteiger partial charge < -0.3 is 10.8 Å². The van der Waals surface area contributed by atoms with Crippen LogP contribution in [0.4, 0.5) is 0 Å². The average molecular weight is 334 g/mol. The summed E-state index contributed by atoms with van der Waals surface area (Å²) in [6.07, 6.45) is 4.77. The zero-order chi connectivity index (χ0) is 17.6. The molecule has 0 aliphatic rings. The molecule has 1 atom stereocenters. The van der Waals surface area contributed by atoms with Crippen molar-refractivity contribution in [1.29, 1.82) is 0 Å². The maximum absolute atomic E-state index is 12.6. The van der Waals surface area contributed by atoms with Crippen LogP contribution < -0.4 is 5.73 Å². The van der Waals surface area contributed by atoms with Crippen molar-refractivity contribution in [3.05, 3.63) is 77.6 Å². The van der Waals surface area contributed by atoms with Crippen molar-refractivity contribution >= 4 is 16.6 Å². The summed E-state index contributed by atoms with van der Waals surface area (Å²) < 4.78 is 0. The Morgan fingerprint density at radius 2 is 1.80 bits per heavy atom. The first-order valence-corrected chi connectivity index (χ1v) is 8.46. The van der Waals surface area contributed by atoms with Crippen LogP contribution in [-0.4, -0.2) is 22.4 Å². The first kappa shape index (κ1) is 17.3. The molecule has 0 saturated carbocycles. The standard InChI is InChI=1S/C21H22N2O2/c22-12-20(17-5-2-16(14-24)3-6-17)21(25)8-4-15-1-7-19-13-23-10-9-18(19)11-15/h1-3,5-7,9-11,13,20,24H,4,8,12,14,22H2. The third kappa shape index (κ3) is 4.10. The molecule has 0 amide bonds. The molecular formula is C21H22N2O2. The molecule has 3 N–H and O–H groups in total. The number of nitrogens with two attached hydrogens (primary N) is 1. The van der Waals surface area contributed by atoms with E-state index in [0.717, 1.165) is 27.5 Å². The van der Waals surface area contributed by atoms with Gasteiger partial charge in [0.15, 0.2) is 0 Å². The van der Waals surface area contributed by atoms with E-state index in [0.29, 0.717) is 19.4 Å². The van der Waals surface area contributed by atoms with Gasteiger partial charge in [-0.15, -0.1) is 0 Å². The van der Waals surface area contributed by atoms with Crippen LogP contribution in [0.25, 0.3) is 10.8 Å². The van der Waals surface area contributed by atoms with Gasteiger partial charge >= 0.3 is 0 Å². The van der Waals surface area contributed by atoms with E-state index in [1.807, 2.05) is 48.7 Å². The van der Waals surface area contributed by atoms with Crippen LogP contribution in [0.5, 0.6) is 0 Å². The highest BCUT2D eigenvalue weighted by atomic mass is 16.3. The highest BCUT2D eigenvalue weighted by Gasteiger charge is 2.18. The first-order valence-electron chi connectivity index (χ1n) is 8.46. The number of ketones is 1. The van der Waals surface area contributed by atoms with E-state index in [9.17, 15) is 4.79 Å². The van der Waals surface area contributed by atoms with Gasteiger partial charge in [-0.1, -0.05) is 42.5 Å². The minimum atomic E-state index is -0.294. The van der Waals surface area contributed by atoms with Gasteiger partial charge in [0.2, 0.25) is 0 Å². The van der Waals surface area contributed by atoms with Crippen LogP contribution in [0.1, 0.15) is 29.0 Å². The number of fused-ring (bicyclic) bond motifs is 1. The lowest BCUT2D eigenvalue weighted by molar-refractivity contribution is -0.120. The number of aliphatic hydroxyl groups excluding tert-OH is 1. The summed E-state index contributed by atoms with van der Waals surface area (Å²) in [5, 5.41) is 11.4. The normalized spacial score (nSPS) is 12.2. The number of rotatable bonds is 7. The molecule has 1 aromatic heterocycles. The number of carbonyl (C=O) groups excluding carboxylic acids is 1. The predicted octanol–water partition coefficient (Wildman–Crippen LogP) is 2.97. The Labute approximate surface area is 147 Å². The molecule has 1 unspecified atom stereocenters. The molecule has 0 bridgehead atoms. The van der Waals surface area contributed by atoms with Crippen molar-refractivity contribution in [1.82, 2.24) is 4.98 Å². The Bertz CT molecular complexity index is 859. The quantitative estimate of drug-likeness (QED) is 0.696. The molecule has 25 heavy (non-hydrogen) atoms. The van der Waals surface area contributed by atoms with E-state index >= 15 is 0 Å². The molecule has 2 aromatic carbocycles. The molecule has 3 aromatic rings. The number of aromatic nitrogens is 1. The van der Waals surface area contributed by atoms with E-state index < -0.39 is 0 Å². The van der Waals surface area contributed by atoms with Crippen LogP contribution in [0.2, 0.25) is 0 Å². The Hall–Kier alpha value is -2.56. The van der Waals surface area contributed by atoms with Crippen molar-refractivity contribution in [3.63, 3.8) is 0 Å². The number of benzene rings is 2. The largest absolute Gasteiger partial charge is 0.392 e. The number of hydrogen-bond acceptors (Lipinski definition) is 4. The van der Waals surface area contributed by atoms with Gasteiger partial charge in [0.25, 0.3) is 0 Å². The van der Waals surface area contributed by atoms with Crippen molar-refractivity contribution in [2.75, 3.05) is 6.54 Å². The van der Waals surface area contributed by atoms with Crippen LogP contribution in [0, 0.1) is 0 Å². The molecule has 0 fully saturated rings. The monoisotopic (exact) mass is 334 g/mol. The third-order valence-electron chi connectivity index (χ3n) is 4.55. The molecule has 0 aliphatic heterocycles. The second kappa shape index (κ2) is 8.01. The van der Waals surface area contributed by atoms with Gasteiger partial charge in [0.1, 0.15) is 5.78 Å². The van der Waals surface area contributed by atoms with Gasteiger partial charge in [-0.2, -0.15) is 0 Å². The van der Waals surface area contributed by atoms with Crippen LogP contribution in [0.15, 0.2) is 60.9 Å². The maximum Gasteiger partial charge on any atom is 0.141 e. The molecule has 0 spiro atoms. The fraction of sp³-hybridized carbons (Fsp3) is 0.238. The smallest absolute Gasteiger partial charge is 0.141 e. The van der Waals surface area contributed by atoms with Crippen LogP contribution >= 0.6 is 0 Å². The average Bonchev–Trinajstić information content (AvgIpc) is 2.67. The first-order chi connectivity index (χ1) is 12.2. The number of aryl methyl sites for hydroxylation is 1. The fourth-order valence-electron chi connectivity index (χ4n) is 3.04. The number of hydrogen-bond donors (Lipinski definition) is 2. The minimum absolute atomic E-state index is 0.000990. The summed E-state index contributed by atoms with van der Waals surface area (Å²) in [4.78, 5) is 16.7. The summed E-state index contributed by atoms with van der Waals surface area (Å²) in [6.45, 7) is 0.291. The van der Waals surface area contributed by atoms with Crippen molar-refractivity contribution in [2.24, 2.45) is 5.73 Å². The molecule has 128 valence electrons. The summed E-state index contributed by atoms with van der Waals surface area (Å²) in [5.41, 5.74) is 8.72. The van der Waals surface area contributed by atoms with E-state index in [1.165, 1.54) is 0 Å². The molecule has 3 rings (SSSR count). The Balaban J connectivity index is 1.68. The molecule has 0 aliphatic carbocycles. The van der Waals surface area contributed by atoms with Gasteiger partial charge in [0.05, 0.1) is 12.5 Å². The number of aliphatic hydroxyl groups is 1. The lowest BCUT2D eigenvalue weighted by Crippen LogP contribution is -2.22. The Kier molecular flexibility index (Phi) is 5.53. The third-order valence-corrected chi connectivity index (χ3v) is 4.55. The van der Waals surface area contributed by atoms with Crippen molar-refractivity contribution in [3.8, 4) is 0 Å². The zero-order valence-electron chi connectivity index (χ0n) is 14.1. The number of nitrogens with zero attached hydrogens (tertiary/aromatic N) is 1. The number of Topliss-reactive ketones (excluding diaryl/α,β-unsaturated/α-hetero) is 1. The predicted molar refractivity (Wildman–Crippen MR) is 99.2 cm³/mol. The summed E-state index contributed by atoms with van der Waals surface area (Å²) in [5.74, 6) is -0.147. The molecule has 4 heteroatoms. The molecular weight excluding hydrogens is 312 g/mol. The Morgan fingerprint density at radius 1 is 1.04 bits per heavy atom. The number of carbonyl (C=O) groups is 1. The zero-order valence-corrected chi connectivity index (χ0v) is 14.1. The van der Waals surface area contributed by atoms with E-state index in [-0.39, 0.29) is 18.3 Å². The van der Waals surface area contributed by atoms with Crippen LogP contribution in [0.3, 0.4) is 0 Å². The highest BCUT2D eigenvalue weighted by molar-refractivity contribution is 5.86. The van der Waals surface area contributed by atoms with E-state index in [2.05, 4.69) is 11.1 Å². The van der Waals surface area contributed by atoms with Gasteiger partial charge in [-0.3, -0.25) is 9.78 Å². The van der Waals surface area contributed by atoms with Crippen molar-refractivity contribution in [2.45, 2.75) is 25.4 Å². The molecule has 1 heterocycles. The summed E-state index contributed by atoms with van der Waals surface area (Å²) in [7, 11) is 0. The maximum atomic E-state index is 12.6. The summed E-state index contributed by atoms with van der Waals surface area (Å²) >= 11 is 0. The lowest BCUT2D eigenvalue weighted by atomic mass is 9.90. The van der Waals surface area contributed by atoms with Gasteiger partial charge in [0, 0.05) is 30.7 Å². The number of pyridine rings is 1. The summed E-state index contributed by atoms with van der Waals surface area (Å²) in [6, 6.07) is 15.6. The SMILES string of the molecule is NCC(C(=O)CCc1ccc2cnccc2c1)c1ccc(CO)cc1. The topological polar surface area (TPSA) is 76.2 Å². The molecule has 0 saturated heterocycles. The van der Waals surface area contributed by atoms with E-state index in [1.54, 1.807) is 6.20 Å². The Morgan fingerprint density at radius 3 is 2.52 bits per heavy atom. The van der Waals surface area contributed by atoms with Gasteiger partial charge in [-0.25, -0.2) is 0 Å². The molecule has 0 radical (unpaired) electrons. The second-order valence-corrected chi connectivity index (χ2v) is 6.21. The van der Waals surface area contributed by atoms with Crippen molar-refractivity contribution < 1.29 is 9.90 Å².